The van der Waals surface area contributed by atoms with Gasteiger partial charge in [0.15, 0.2) is 0 Å². The number of carboxylic acid groups (broad SMARTS) is 1. The Kier molecular flexibility index (Phi) is 4.90. The summed E-state index contributed by atoms with van der Waals surface area (Å²) in [5.41, 5.74) is 2.48. The second-order valence-electron chi connectivity index (χ2n) is 6.11. The molecule has 2 aromatic carbocycles. The van der Waals surface area contributed by atoms with Gasteiger partial charge in [-0.1, -0.05) is 35.3 Å². The van der Waals surface area contributed by atoms with E-state index in [1.807, 2.05) is 29.0 Å². The van der Waals surface area contributed by atoms with Crippen molar-refractivity contribution in [2.75, 3.05) is 5.32 Å². The molecule has 2 aromatic heterocycles. The van der Waals surface area contributed by atoms with Crippen molar-refractivity contribution < 1.29 is 9.90 Å². The Labute approximate surface area is 170 Å². The Morgan fingerprint density at radius 2 is 2.04 bits per heavy atom. The molecule has 2 heterocycles. The summed E-state index contributed by atoms with van der Waals surface area (Å²) in [6.07, 6.45) is 5.21. The molecule has 8 heteroatoms. The molecule has 0 aliphatic rings. The van der Waals surface area contributed by atoms with Crippen LogP contribution in [0.3, 0.4) is 0 Å². The number of pyridine rings is 1. The van der Waals surface area contributed by atoms with Crippen LogP contribution in [-0.4, -0.2) is 25.6 Å². The molecule has 0 amide bonds. The Morgan fingerprint density at radius 3 is 2.79 bits per heavy atom. The first-order valence-electron chi connectivity index (χ1n) is 8.36. The molecule has 0 aliphatic heterocycles. The summed E-state index contributed by atoms with van der Waals surface area (Å²) in [7, 11) is 0. The topological polar surface area (TPSA) is 80.0 Å². The Balaban J connectivity index is 1.74. The van der Waals surface area contributed by atoms with Crippen LogP contribution in [0.15, 0.2) is 61.2 Å². The molecule has 0 aliphatic carbocycles. The number of anilines is 1. The van der Waals surface area contributed by atoms with Crippen molar-refractivity contribution in [2.24, 2.45) is 0 Å². The highest BCUT2D eigenvalue weighted by molar-refractivity contribution is 6.45. The number of carboxylic acids is 1. The van der Waals surface area contributed by atoms with Crippen LogP contribution in [0.1, 0.15) is 15.9 Å². The quantitative estimate of drug-likeness (QED) is 0.479. The number of imidazole rings is 1. The molecule has 4 aromatic rings. The minimum Gasteiger partial charge on any atom is -0.478 e. The number of fused-ring (bicyclic) bond motifs is 1. The predicted molar refractivity (Wildman–Crippen MR) is 110 cm³/mol. The van der Waals surface area contributed by atoms with Gasteiger partial charge in [-0.15, -0.1) is 0 Å². The van der Waals surface area contributed by atoms with Gasteiger partial charge in [-0.2, -0.15) is 0 Å². The number of carbonyl (C=O) groups is 1. The number of halogens is 2. The highest BCUT2D eigenvalue weighted by atomic mass is 35.5. The summed E-state index contributed by atoms with van der Waals surface area (Å²) < 4.78 is 1.87. The van der Waals surface area contributed by atoms with Crippen molar-refractivity contribution in [3.8, 4) is 5.69 Å². The minimum absolute atomic E-state index is 0.236. The maximum atomic E-state index is 11.2. The third-order valence-electron chi connectivity index (χ3n) is 4.28. The monoisotopic (exact) mass is 412 g/mol. The molecule has 28 heavy (non-hydrogen) atoms. The van der Waals surface area contributed by atoms with Gasteiger partial charge in [0.1, 0.15) is 5.82 Å². The Bertz CT molecular complexity index is 1180. The van der Waals surface area contributed by atoms with Gasteiger partial charge in [0.25, 0.3) is 0 Å². The van der Waals surface area contributed by atoms with E-state index in [0.29, 0.717) is 27.9 Å². The fourth-order valence-corrected chi connectivity index (χ4v) is 3.29. The van der Waals surface area contributed by atoms with E-state index in [1.165, 1.54) is 0 Å². The fourth-order valence-electron chi connectivity index (χ4n) is 2.93. The largest absolute Gasteiger partial charge is 0.478 e. The number of benzene rings is 2. The van der Waals surface area contributed by atoms with Crippen LogP contribution >= 0.6 is 23.2 Å². The second kappa shape index (κ2) is 7.50. The van der Waals surface area contributed by atoms with Crippen molar-refractivity contribution in [1.29, 1.82) is 0 Å². The number of nitrogens with one attached hydrogen (secondary N) is 1. The SMILES string of the molecule is O=C(O)c1cccc(CNc2cc(-n3ccnc3)c3ccc(Cl)c(Cl)c3n2)c1. The smallest absolute Gasteiger partial charge is 0.335 e. The second-order valence-corrected chi connectivity index (χ2v) is 6.90. The maximum Gasteiger partial charge on any atom is 0.335 e. The van der Waals surface area contributed by atoms with E-state index >= 15 is 0 Å². The lowest BCUT2D eigenvalue weighted by molar-refractivity contribution is 0.0696. The van der Waals surface area contributed by atoms with E-state index in [1.54, 1.807) is 36.8 Å². The molecule has 0 spiro atoms. The molecule has 0 radical (unpaired) electrons. The molecule has 0 saturated carbocycles. The maximum absolute atomic E-state index is 11.2. The lowest BCUT2D eigenvalue weighted by atomic mass is 10.1. The summed E-state index contributed by atoms with van der Waals surface area (Å²) >= 11 is 12.6. The molecular weight excluding hydrogens is 399 g/mol. The molecule has 0 fully saturated rings. The third-order valence-corrected chi connectivity index (χ3v) is 5.08. The Hall–Kier alpha value is -3.09. The Morgan fingerprint density at radius 1 is 1.18 bits per heavy atom. The average Bonchev–Trinajstić information content (AvgIpc) is 3.24. The molecule has 6 nitrogen and oxygen atoms in total. The number of rotatable bonds is 5. The van der Waals surface area contributed by atoms with Gasteiger partial charge in [0.05, 0.1) is 33.1 Å². The first-order valence-corrected chi connectivity index (χ1v) is 9.12. The van der Waals surface area contributed by atoms with E-state index in [-0.39, 0.29) is 5.56 Å². The number of aromatic nitrogens is 3. The first kappa shape index (κ1) is 18.3. The summed E-state index contributed by atoms with van der Waals surface area (Å²) in [6, 6.07) is 12.2. The molecule has 0 saturated heterocycles. The van der Waals surface area contributed by atoms with E-state index < -0.39 is 5.97 Å². The van der Waals surface area contributed by atoms with Crippen LogP contribution in [0, 0.1) is 0 Å². The molecule has 2 N–H and O–H groups in total. The number of hydrogen-bond acceptors (Lipinski definition) is 4. The van der Waals surface area contributed by atoms with Crippen LogP contribution in [0.5, 0.6) is 0 Å². The summed E-state index contributed by atoms with van der Waals surface area (Å²) in [4.78, 5) is 19.9. The molecule has 140 valence electrons. The highest BCUT2D eigenvalue weighted by Gasteiger charge is 2.13. The predicted octanol–water partition coefficient (Wildman–Crippen LogP) is 5.04. The molecule has 0 unspecified atom stereocenters. The van der Waals surface area contributed by atoms with Crippen LogP contribution in [0.2, 0.25) is 10.0 Å². The van der Waals surface area contributed by atoms with Crippen molar-refractivity contribution in [3.05, 3.63) is 82.4 Å². The van der Waals surface area contributed by atoms with Crippen LogP contribution in [-0.2, 0) is 6.54 Å². The summed E-state index contributed by atoms with van der Waals surface area (Å²) in [6.45, 7) is 0.404. The van der Waals surface area contributed by atoms with E-state index in [0.717, 1.165) is 16.6 Å². The van der Waals surface area contributed by atoms with Crippen LogP contribution in [0.25, 0.3) is 16.6 Å². The van der Waals surface area contributed by atoms with E-state index in [2.05, 4.69) is 15.3 Å². The third kappa shape index (κ3) is 3.52. The molecule has 0 bridgehead atoms. The van der Waals surface area contributed by atoms with Gasteiger partial charge >= 0.3 is 5.97 Å². The standard InChI is InChI=1S/C20H14Cl2N4O2/c21-15-5-4-14-16(26-7-6-23-11-26)9-17(25-19(14)18(15)22)24-10-12-2-1-3-13(8-12)20(27)28/h1-9,11H,10H2,(H,24,25)(H,27,28). The van der Waals surface area contributed by atoms with Gasteiger partial charge in [-0.05, 0) is 29.8 Å². The summed E-state index contributed by atoms with van der Waals surface area (Å²) in [5, 5.41) is 14.0. The minimum atomic E-state index is -0.963. The average molecular weight is 413 g/mol. The molecular formula is C20H14Cl2N4O2. The van der Waals surface area contributed by atoms with Gasteiger partial charge < -0.3 is 15.0 Å². The van der Waals surface area contributed by atoms with Crippen molar-refractivity contribution in [3.63, 3.8) is 0 Å². The zero-order valence-corrected chi connectivity index (χ0v) is 15.9. The van der Waals surface area contributed by atoms with Gasteiger partial charge in [-0.3, -0.25) is 0 Å². The number of aromatic carboxylic acids is 1. The molecule has 4 rings (SSSR count). The van der Waals surface area contributed by atoms with Crippen molar-refractivity contribution in [1.82, 2.24) is 14.5 Å². The van der Waals surface area contributed by atoms with Gasteiger partial charge in [0.2, 0.25) is 0 Å². The highest BCUT2D eigenvalue weighted by Crippen LogP contribution is 2.34. The lowest BCUT2D eigenvalue weighted by Gasteiger charge is -2.13. The lowest BCUT2D eigenvalue weighted by Crippen LogP contribution is -2.05. The molecule has 0 atom stereocenters. The fraction of sp³-hybridized carbons (Fsp3) is 0.0500. The number of nitrogens with zero attached hydrogens (tertiary/aromatic N) is 3. The van der Waals surface area contributed by atoms with Gasteiger partial charge in [-0.25, -0.2) is 14.8 Å². The van der Waals surface area contributed by atoms with Crippen LogP contribution < -0.4 is 5.32 Å². The van der Waals surface area contributed by atoms with Crippen LogP contribution in [0.4, 0.5) is 5.82 Å². The van der Waals surface area contributed by atoms with E-state index in [4.69, 9.17) is 28.3 Å². The zero-order chi connectivity index (χ0) is 19.7. The number of hydrogen-bond donors (Lipinski definition) is 2. The summed E-state index contributed by atoms with van der Waals surface area (Å²) in [5.74, 6) is -0.379. The normalized spacial score (nSPS) is 10.9. The first-order chi connectivity index (χ1) is 13.5. The zero-order valence-electron chi connectivity index (χ0n) is 14.4. The van der Waals surface area contributed by atoms with Crippen molar-refractivity contribution in [2.45, 2.75) is 6.54 Å². The van der Waals surface area contributed by atoms with Crippen molar-refractivity contribution >= 4 is 45.9 Å². The van der Waals surface area contributed by atoms with Gasteiger partial charge in [0, 0.05) is 30.4 Å². The van der Waals surface area contributed by atoms with E-state index in [9.17, 15) is 4.79 Å².